The maximum atomic E-state index is 12.6. The first-order chi connectivity index (χ1) is 11.6. The molecule has 2 heterocycles. The van der Waals surface area contributed by atoms with Crippen molar-refractivity contribution in [1.29, 1.82) is 0 Å². The normalized spacial score (nSPS) is 11.2. The maximum absolute atomic E-state index is 12.6. The van der Waals surface area contributed by atoms with Crippen molar-refractivity contribution >= 4 is 22.7 Å². The minimum Gasteiger partial charge on any atom is -0.359 e. The second-order valence-electron chi connectivity index (χ2n) is 5.61. The number of aromatic nitrogens is 4. The van der Waals surface area contributed by atoms with Gasteiger partial charge in [0.1, 0.15) is 0 Å². The molecule has 1 aromatic carbocycles. The number of hydrogen-bond acceptors (Lipinski definition) is 4. The zero-order chi connectivity index (χ0) is 17.1. The van der Waals surface area contributed by atoms with Crippen LogP contribution in [0.4, 0.5) is 0 Å². The molecule has 1 amide bonds. The van der Waals surface area contributed by atoms with Crippen molar-refractivity contribution in [2.24, 2.45) is 0 Å². The van der Waals surface area contributed by atoms with Crippen LogP contribution in [0.2, 0.25) is 0 Å². The van der Waals surface area contributed by atoms with Crippen LogP contribution >= 0.6 is 0 Å². The van der Waals surface area contributed by atoms with Crippen molar-refractivity contribution in [2.45, 2.75) is 32.2 Å². The molecule has 0 spiro atoms. The van der Waals surface area contributed by atoms with E-state index < -0.39 is 11.4 Å². The summed E-state index contributed by atoms with van der Waals surface area (Å²) in [5.74, 6) is 0.249. The van der Waals surface area contributed by atoms with Gasteiger partial charge in [-0.15, -0.1) is 0 Å². The molecule has 0 aliphatic carbocycles. The van der Waals surface area contributed by atoms with Gasteiger partial charge in [0.25, 0.3) is 0 Å². The third-order valence-electron chi connectivity index (χ3n) is 4.01. The van der Waals surface area contributed by atoms with E-state index in [4.69, 9.17) is 0 Å². The molecule has 8 heteroatoms. The van der Waals surface area contributed by atoms with Crippen LogP contribution in [0.25, 0.3) is 16.8 Å². The van der Waals surface area contributed by atoms with Gasteiger partial charge in [0.05, 0.1) is 11.0 Å². The third-order valence-corrected chi connectivity index (χ3v) is 4.01. The zero-order valence-electron chi connectivity index (χ0n) is 13.4. The SMILES string of the molecule is CNC(=O)CCCCCn1c(=O)[nH]c2nc3ccccc3n2c1=O. The lowest BCUT2D eigenvalue weighted by Gasteiger charge is -2.05. The zero-order valence-corrected chi connectivity index (χ0v) is 13.4. The van der Waals surface area contributed by atoms with E-state index in [0.29, 0.717) is 30.4 Å². The molecule has 0 bridgehead atoms. The minimum absolute atomic E-state index is 0.00341. The van der Waals surface area contributed by atoms with E-state index in [-0.39, 0.29) is 11.7 Å². The summed E-state index contributed by atoms with van der Waals surface area (Å²) in [6, 6.07) is 7.24. The number of nitrogens with one attached hydrogen (secondary N) is 2. The summed E-state index contributed by atoms with van der Waals surface area (Å²) < 4.78 is 2.60. The Morgan fingerprint density at radius 2 is 2.00 bits per heavy atom. The number of H-pyrrole nitrogens is 1. The summed E-state index contributed by atoms with van der Waals surface area (Å²) in [6.07, 6.45) is 2.59. The lowest BCUT2D eigenvalue weighted by molar-refractivity contribution is -0.120. The average Bonchev–Trinajstić information content (AvgIpc) is 2.94. The number of unbranched alkanes of at least 4 members (excludes halogenated alkanes) is 2. The van der Waals surface area contributed by atoms with E-state index >= 15 is 0 Å². The smallest absolute Gasteiger partial charge is 0.339 e. The number of amides is 1. The number of carbonyl (C=O) groups is 1. The van der Waals surface area contributed by atoms with Gasteiger partial charge in [0, 0.05) is 20.0 Å². The van der Waals surface area contributed by atoms with Crippen LogP contribution in [-0.4, -0.2) is 31.9 Å². The van der Waals surface area contributed by atoms with Crippen molar-refractivity contribution in [1.82, 2.24) is 24.3 Å². The Morgan fingerprint density at radius 3 is 2.79 bits per heavy atom. The summed E-state index contributed by atoms with van der Waals surface area (Å²) in [7, 11) is 1.60. The number of rotatable bonds is 6. The van der Waals surface area contributed by atoms with Crippen LogP contribution in [0.1, 0.15) is 25.7 Å². The number of carbonyl (C=O) groups excluding carboxylic acids is 1. The Kier molecular flexibility index (Phi) is 4.45. The van der Waals surface area contributed by atoms with E-state index in [1.807, 2.05) is 12.1 Å². The Labute approximate surface area is 137 Å². The number of imidazole rings is 1. The van der Waals surface area contributed by atoms with E-state index in [9.17, 15) is 14.4 Å². The van der Waals surface area contributed by atoms with Gasteiger partial charge < -0.3 is 5.32 Å². The van der Waals surface area contributed by atoms with Gasteiger partial charge in [-0.05, 0) is 25.0 Å². The fourth-order valence-electron chi connectivity index (χ4n) is 2.73. The highest BCUT2D eigenvalue weighted by Gasteiger charge is 2.12. The third kappa shape index (κ3) is 2.94. The van der Waals surface area contributed by atoms with E-state index in [0.717, 1.165) is 12.8 Å². The van der Waals surface area contributed by atoms with Gasteiger partial charge in [-0.25, -0.2) is 23.5 Å². The van der Waals surface area contributed by atoms with Crippen molar-refractivity contribution in [3.05, 3.63) is 45.2 Å². The fourth-order valence-corrected chi connectivity index (χ4v) is 2.73. The van der Waals surface area contributed by atoms with Crippen molar-refractivity contribution < 1.29 is 4.79 Å². The Bertz CT molecular complexity index is 998. The highest BCUT2D eigenvalue weighted by atomic mass is 16.2. The summed E-state index contributed by atoms with van der Waals surface area (Å²) in [4.78, 5) is 42.9. The number of nitrogens with zero attached hydrogens (tertiary/aromatic N) is 3. The van der Waals surface area contributed by atoms with Crippen LogP contribution < -0.4 is 16.7 Å². The molecule has 2 N–H and O–H groups in total. The van der Waals surface area contributed by atoms with Crippen LogP contribution in [0.3, 0.4) is 0 Å². The topological polar surface area (TPSA) is 101 Å². The molecule has 0 saturated carbocycles. The number of hydrogen-bond donors (Lipinski definition) is 2. The molecule has 0 atom stereocenters. The van der Waals surface area contributed by atoms with Gasteiger partial charge in [-0.2, -0.15) is 0 Å². The molecule has 0 aliphatic heterocycles. The summed E-state index contributed by atoms with van der Waals surface area (Å²) in [5.41, 5.74) is 0.471. The minimum atomic E-state index is -0.464. The Balaban J connectivity index is 1.83. The van der Waals surface area contributed by atoms with Gasteiger partial charge in [0.15, 0.2) is 0 Å². The summed E-state index contributed by atoms with van der Waals surface area (Å²) in [6.45, 7) is 0.310. The van der Waals surface area contributed by atoms with E-state index in [2.05, 4.69) is 15.3 Å². The maximum Gasteiger partial charge on any atom is 0.339 e. The number of para-hydroxylation sites is 2. The van der Waals surface area contributed by atoms with E-state index in [1.54, 1.807) is 19.2 Å². The van der Waals surface area contributed by atoms with Crippen LogP contribution in [-0.2, 0) is 11.3 Å². The second kappa shape index (κ2) is 6.69. The fraction of sp³-hybridized carbons (Fsp3) is 0.375. The van der Waals surface area contributed by atoms with Crippen molar-refractivity contribution in [3.8, 4) is 0 Å². The molecule has 0 unspecified atom stereocenters. The monoisotopic (exact) mass is 329 g/mol. The quantitative estimate of drug-likeness (QED) is 0.648. The van der Waals surface area contributed by atoms with Crippen LogP contribution in [0.5, 0.6) is 0 Å². The molecule has 0 fully saturated rings. The molecular formula is C16H19N5O3. The van der Waals surface area contributed by atoms with Gasteiger partial charge in [-0.3, -0.25) is 9.78 Å². The molecule has 0 aliphatic rings. The van der Waals surface area contributed by atoms with Crippen molar-refractivity contribution in [3.63, 3.8) is 0 Å². The highest BCUT2D eigenvalue weighted by Crippen LogP contribution is 2.11. The summed E-state index contributed by atoms with van der Waals surface area (Å²) >= 11 is 0. The second-order valence-corrected chi connectivity index (χ2v) is 5.61. The largest absolute Gasteiger partial charge is 0.359 e. The molecule has 24 heavy (non-hydrogen) atoms. The first-order valence-corrected chi connectivity index (χ1v) is 7.92. The van der Waals surface area contributed by atoms with Gasteiger partial charge in [0.2, 0.25) is 11.7 Å². The molecule has 0 radical (unpaired) electrons. The lowest BCUT2D eigenvalue weighted by atomic mass is 10.2. The first kappa shape index (κ1) is 16.0. The van der Waals surface area contributed by atoms with Crippen LogP contribution in [0.15, 0.2) is 33.9 Å². The van der Waals surface area contributed by atoms with E-state index in [1.165, 1.54) is 8.97 Å². The number of aromatic amines is 1. The molecule has 3 aromatic rings. The molecule has 8 nitrogen and oxygen atoms in total. The molecule has 3 rings (SSSR count). The predicted octanol–water partition coefficient (Wildman–Crippen LogP) is 0.644. The lowest BCUT2D eigenvalue weighted by Crippen LogP contribution is -2.39. The Morgan fingerprint density at radius 1 is 1.21 bits per heavy atom. The molecule has 0 saturated heterocycles. The Hall–Kier alpha value is -2.90. The van der Waals surface area contributed by atoms with Gasteiger partial charge >= 0.3 is 11.4 Å². The average molecular weight is 329 g/mol. The highest BCUT2D eigenvalue weighted by molar-refractivity contribution is 5.79. The molecular weight excluding hydrogens is 310 g/mol. The van der Waals surface area contributed by atoms with Crippen LogP contribution in [0, 0.1) is 0 Å². The molecule has 126 valence electrons. The first-order valence-electron chi connectivity index (χ1n) is 7.92. The summed E-state index contributed by atoms with van der Waals surface area (Å²) in [5, 5.41) is 2.57. The van der Waals surface area contributed by atoms with Gasteiger partial charge in [-0.1, -0.05) is 18.6 Å². The molecule has 2 aromatic heterocycles. The standard InChI is InChI=1S/C16H19N5O3/c1-17-13(22)9-3-2-6-10-20-15(23)19-14-18-11-7-4-5-8-12(11)21(14)16(20)24/h4-5,7-8H,2-3,6,9-10H2,1H3,(H,17,22)(H,18,19,23). The van der Waals surface area contributed by atoms with Crippen molar-refractivity contribution in [2.75, 3.05) is 7.05 Å². The predicted molar refractivity (Wildman–Crippen MR) is 90.1 cm³/mol. The number of benzene rings is 1. The number of fused-ring (bicyclic) bond motifs is 3.